The Morgan fingerprint density at radius 3 is 2.93 bits per heavy atom. The van der Waals surface area contributed by atoms with E-state index in [4.69, 9.17) is 4.74 Å². The number of carbonyl (C=O) groups is 2. The maximum absolute atomic E-state index is 14.0. The highest BCUT2D eigenvalue weighted by atomic mass is 32.1. The number of carbonyl (C=O) groups excluding carboxylic acids is 2. The largest absolute Gasteiger partial charge is 0.395 e. The first kappa shape index (κ1) is 20.3. The highest BCUT2D eigenvalue weighted by Crippen LogP contribution is 2.29. The monoisotopic (exact) mass is 408 g/mol. The van der Waals surface area contributed by atoms with E-state index in [0.717, 1.165) is 0 Å². The molecule has 8 nitrogen and oxygen atoms in total. The van der Waals surface area contributed by atoms with Crippen molar-refractivity contribution in [1.82, 2.24) is 15.1 Å². The number of amides is 2. The van der Waals surface area contributed by atoms with Crippen LogP contribution in [0.3, 0.4) is 0 Å². The van der Waals surface area contributed by atoms with E-state index in [2.05, 4.69) is 10.2 Å². The number of aliphatic hydroxyl groups is 1. The lowest BCUT2D eigenvalue weighted by molar-refractivity contribution is -0.137. The third-order valence-corrected chi connectivity index (χ3v) is 5.35. The van der Waals surface area contributed by atoms with Gasteiger partial charge in [0, 0.05) is 38.7 Å². The van der Waals surface area contributed by atoms with E-state index in [1.54, 1.807) is 25.3 Å². The predicted molar refractivity (Wildman–Crippen MR) is 100.0 cm³/mol. The van der Waals surface area contributed by atoms with Gasteiger partial charge in [0.2, 0.25) is 16.9 Å². The Morgan fingerprint density at radius 1 is 1.43 bits per heavy atom. The molecule has 0 aliphatic carbocycles. The number of anilines is 1. The molecule has 10 heteroatoms. The Labute approximate surface area is 165 Å². The molecule has 2 heterocycles. The first-order chi connectivity index (χ1) is 13.5. The van der Waals surface area contributed by atoms with Crippen LogP contribution in [0, 0.1) is 11.7 Å². The number of rotatable bonds is 8. The molecular formula is C18H21FN4O4S. The van der Waals surface area contributed by atoms with Gasteiger partial charge in [-0.15, -0.1) is 10.2 Å². The zero-order chi connectivity index (χ0) is 20.1. The number of aromatic nitrogens is 2. The van der Waals surface area contributed by atoms with Gasteiger partial charge >= 0.3 is 0 Å². The minimum Gasteiger partial charge on any atom is -0.395 e. The van der Waals surface area contributed by atoms with Crippen molar-refractivity contribution in [3.8, 4) is 0 Å². The SMILES string of the molecule is COCc1nnc(N2CC(C(=O)N(CCO)Cc3ccccc3F)CC2=O)s1. The molecule has 1 aromatic heterocycles. The molecule has 1 aliphatic heterocycles. The molecule has 1 fully saturated rings. The van der Waals surface area contributed by atoms with Crippen LogP contribution in [0.15, 0.2) is 24.3 Å². The molecule has 0 bridgehead atoms. The van der Waals surface area contributed by atoms with Crippen LogP contribution in [0.1, 0.15) is 17.0 Å². The summed E-state index contributed by atoms with van der Waals surface area (Å²) < 4.78 is 19.0. The second kappa shape index (κ2) is 9.18. The van der Waals surface area contributed by atoms with Gasteiger partial charge in [-0.05, 0) is 6.07 Å². The van der Waals surface area contributed by atoms with Crippen molar-refractivity contribution in [2.24, 2.45) is 5.92 Å². The topological polar surface area (TPSA) is 95.9 Å². The molecule has 1 atom stereocenters. The normalized spacial score (nSPS) is 16.6. The number of methoxy groups -OCH3 is 1. The first-order valence-electron chi connectivity index (χ1n) is 8.78. The highest BCUT2D eigenvalue weighted by Gasteiger charge is 2.38. The second-order valence-corrected chi connectivity index (χ2v) is 7.43. The molecule has 2 amide bonds. The van der Waals surface area contributed by atoms with Gasteiger partial charge in [-0.3, -0.25) is 14.5 Å². The lowest BCUT2D eigenvalue weighted by Crippen LogP contribution is -2.39. The van der Waals surface area contributed by atoms with E-state index in [-0.39, 0.29) is 44.5 Å². The second-order valence-electron chi connectivity index (χ2n) is 6.39. The number of ether oxygens (including phenoxy) is 1. The fourth-order valence-corrected chi connectivity index (χ4v) is 3.91. The number of aliphatic hydroxyl groups excluding tert-OH is 1. The number of halogens is 1. The molecule has 0 spiro atoms. The molecule has 1 unspecified atom stereocenters. The quantitative estimate of drug-likeness (QED) is 0.705. The Bertz CT molecular complexity index is 846. The van der Waals surface area contributed by atoms with Crippen molar-refractivity contribution >= 4 is 28.3 Å². The van der Waals surface area contributed by atoms with Crippen LogP contribution >= 0.6 is 11.3 Å². The van der Waals surface area contributed by atoms with Crippen molar-refractivity contribution in [1.29, 1.82) is 0 Å². The Kier molecular flexibility index (Phi) is 6.65. The van der Waals surface area contributed by atoms with Gasteiger partial charge in [0.15, 0.2) is 0 Å². The molecule has 3 rings (SSSR count). The molecule has 0 radical (unpaired) electrons. The van der Waals surface area contributed by atoms with E-state index in [9.17, 15) is 19.1 Å². The zero-order valence-electron chi connectivity index (χ0n) is 15.4. The third kappa shape index (κ3) is 4.51. The molecule has 2 aromatic rings. The van der Waals surface area contributed by atoms with E-state index >= 15 is 0 Å². The summed E-state index contributed by atoms with van der Waals surface area (Å²) in [4.78, 5) is 28.2. The molecule has 1 saturated heterocycles. The zero-order valence-corrected chi connectivity index (χ0v) is 16.2. The predicted octanol–water partition coefficient (Wildman–Crippen LogP) is 1.20. The summed E-state index contributed by atoms with van der Waals surface area (Å²) in [5.41, 5.74) is 0.360. The minimum atomic E-state index is -0.583. The van der Waals surface area contributed by atoms with Crippen LogP contribution in [0.5, 0.6) is 0 Å². The van der Waals surface area contributed by atoms with E-state index in [0.29, 0.717) is 22.3 Å². The molecule has 1 aliphatic rings. The van der Waals surface area contributed by atoms with E-state index in [1.807, 2.05) is 0 Å². The van der Waals surface area contributed by atoms with Gasteiger partial charge in [-0.1, -0.05) is 29.5 Å². The van der Waals surface area contributed by atoms with Gasteiger partial charge in [-0.25, -0.2) is 4.39 Å². The fourth-order valence-electron chi connectivity index (χ4n) is 3.07. The van der Waals surface area contributed by atoms with E-state index < -0.39 is 11.7 Å². The molecular weight excluding hydrogens is 387 g/mol. The summed E-state index contributed by atoms with van der Waals surface area (Å²) in [6, 6.07) is 6.18. The molecule has 0 saturated carbocycles. The van der Waals surface area contributed by atoms with Crippen LogP contribution < -0.4 is 4.90 Å². The maximum atomic E-state index is 14.0. The Balaban J connectivity index is 1.71. The molecule has 1 N–H and O–H groups in total. The number of nitrogens with zero attached hydrogens (tertiary/aromatic N) is 4. The summed E-state index contributed by atoms with van der Waals surface area (Å²) >= 11 is 1.24. The Hall–Kier alpha value is -2.43. The van der Waals surface area contributed by atoms with Crippen molar-refractivity contribution < 1.29 is 23.8 Å². The summed E-state index contributed by atoms with van der Waals surface area (Å²) in [6.07, 6.45) is 0.0389. The molecule has 28 heavy (non-hydrogen) atoms. The Morgan fingerprint density at radius 2 is 2.21 bits per heavy atom. The summed E-state index contributed by atoms with van der Waals surface area (Å²) in [6.45, 7) is 0.330. The molecule has 1 aromatic carbocycles. The van der Waals surface area contributed by atoms with Crippen molar-refractivity contribution in [3.05, 3.63) is 40.7 Å². The lowest BCUT2D eigenvalue weighted by Gasteiger charge is -2.25. The first-order valence-corrected chi connectivity index (χ1v) is 9.60. The van der Waals surface area contributed by atoms with Gasteiger partial charge in [0.1, 0.15) is 17.4 Å². The van der Waals surface area contributed by atoms with Crippen LogP contribution in [-0.4, -0.2) is 58.8 Å². The lowest BCUT2D eigenvalue weighted by atomic mass is 10.1. The van der Waals surface area contributed by atoms with Gasteiger partial charge in [0.05, 0.1) is 12.5 Å². The third-order valence-electron chi connectivity index (χ3n) is 4.43. The van der Waals surface area contributed by atoms with Crippen LogP contribution in [0.2, 0.25) is 0 Å². The average Bonchev–Trinajstić information content (AvgIpc) is 3.29. The van der Waals surface area contributed by atoms with Crippen molar-refractivity contribution in [3.63, 3.8) is 0 Å². The number of hydrogen-bond donors (Lipinski definition) is 1. The van der Waals surface area contributed by atoms with Gasteiger partial charge < -0.3 is 14.7 Å². The number of hydrogen-bond acceptors (Lipinski definition) is 7. The fraction of sp³-hybridized carbons (Fsp3) is 0.444. The van der Waals surface area contributed by atoms with Gasteiger partial charge in [0.25, 0.3) is 0 Å². The standard InChI is InChI=1S/C18H21FN4O4S/c1-27-11-15-20-21-18(28-15)23-10-13(8-16(23)25)17(26)22(6-7-24)9-12-4-2-3-5-14(12)19/h2-5,13,24H,6-11H2,1H3. The summed E-state index contributed by atoms with van der Waals surface area (Å²) in [5.74, 6) is -1.51. The van der Waals surface area contributed by atoms with Gasteiger partial charge in [-0.2, -0.15) is 0 Å². The number of benzene rings is 1. The summed E-state index contributed by atoms with van der Waals surface area (Å²) in [7, 11) is 1.54. The highest BCUT2D eigenvalue weighted by molar-refractivity contribution is 7.15. The average molecular weight is 408 g/mol. The molecule has 150 valence electrons. The van der Waals surface area contributed by atoms with E-state index in [1.165, 1.54) is 27.2 Å². The smallest absolute Gasteiger partial charge is 0.229 e. The van der Waals surface area contributed by atoms with Crippen LogP contribution in [-0.2, 0) is 27.5 Å². The van der Waals surface area contributed by atoms with Crippen LogP contribution in [0.25, 0.3) is 0 Å². The maximum Gasteiger partial charge on any atom is 0.229 e. The van der Waals surface area contributed by atoms with Crippen molar-refractivity contribution in [2.45, 2.75) is 19.6 Å². The van der Waals surface area contributed by atoms with Crippen molar-refractivity contribution in [2.75, 3.05) is 31.7 Å². The van der Waals surface area contributed by atoms with Crippen LogP contribution in [0.4, 0.5) is 9.52 Å². The summed E-state index contributed by atoms with van der Waals surface area (Å²) in [5, 5.41) is 18.3. The minimum absolute atomic E-state index is 0.0353.